The minimum Gasteiger partial charge on any atom is -0.755 e. The summed E-state index contributed by atoms with van der Waals surface area (Å²) < 4.78 is 1.94. The summed E-state index contributed by atoms with van der Waals surface area (Å²) in [6, 6.07) is 0. The lowest BCUT2D eigenvalue weighted by molar-refractivity contribution is -0.806. The third-order valence-electron chi connectivity index (χ3n) is 1.63. The predicted molar refractivity (Wildman–Crippen MR) is 40.6 cm³/mol. The number of quaternary nitrogens is 2. The van der Waals surface area contributed by atoms with Crippen LogP contribution in [-0.2, 0) is 0 Å². The topological polar surface area (TPSA) is 0 Å². The molecule has 0 bridgehead atoms. The molecular weight excluding hydrogens is 110 g/mol. The first-order chi connectivity index (χ1) is 3.91. The largest absolute Gasteiger partial charge is 0.755 e. The zero-order chi connectivity index (χ0) is 7.12. The second-order valence-electron chi connectivity index (χ2n) is 3.89. The van der Waals surface area contributed by atoms with Gasteiger partial charge < -0.3 is 8.70 Å². The standard InChI is InChI=1S/C5H14B2N2/c1-8(2)5-6-9(3,4)7-8/h5H2,1-4H3. The van der Waals surface area contributed by atoms with Crippen LogP contribution >= 0.6 is 0 Å². The Morgan fingerprint density at radius 2 is 1.67 bits per heavy atom. The molecule has 0 aromatic heterocycles. The van der Waals surface area contributed by atoms with Crippen LogP contribution in [0.1, 0.15) is 0 Å². The number of nitrogens with zero attached hydrogens (tertiary/aromatic N) is 2. The van der Waals surface area contributed by atoms with Gasteiger partial charge in [0.25, 0.3) is 7.55 Å². The first kappa shape index (κ1) is 7.16. The Hall–Kier alpha value is 0.0499. The maximum Gasteiger partial charge on any atom is 0.287 e. The van der Waals surface area contributed by atoms with Crippen molar-refractivity contribution >= 4 is 15.0 Å². The Balaban J connectivity index is 2.58. The first-order valence-corrected chi connectivity index (χ1v) is 3.29. The summed E-state index contributed by atoms with van der Waals surface area (Å²) in [4.78, 5) is 0. The summed E-state index contributed by atoms with van der Waals surface area (Å²) in [5.74, 6) is 0. The molecule has 0 unspecified atom stereocenters. The minimum absolute atomic E-state index is 0.938. The lowest BCUT2D eigenvalue weighted by atomic mass is 9.88. The van der Waals surface area contributed by atoms with Crippen molar-refractivity contribution in [3.8, 4) is 0 Å². The molecule has 0 N–H and O–H groups in total. The molecule has 2 nitrogen and oxygen atoms in total. The summed E-state index contributed by atoms with van der Waals surface area (Å²) in [5, 5.41) is 0. The summed E-state index contributed by atoms with van der Waals surface area (Å²) in [6.45, 7) is 0. The van der Waals surface area contributed by atoms with E-state index in [2.05, 4.69) is 43.2 Å². The molecule has 1 rings (SSSR count). The maximum absolute atomic E-state index is 2.31. The average molecular weight is 124 g/mol. The van der Waals surface area contributed by atoms with E-state index in [-0.39, 0.29) is 0 Å². The van der Waals surface area contributed by atoms with Crippen LogP contribution in [0.2, 0.25) is 0 Å². The van der Waals surface area contributed by atoms with Crippen LogP contribution in [0.3, 0.4) is 0 Å². The molecule has 1 fully saturated rings. The summed E-state index contributed by atoms with van der Waals surface area (Å²) >= 11 is 0. The highest BCUT2D eigenvalue weighted by Gasteiger charge is 2.17. The normalized spacial score (nSPS) is 30.7. The highest BCUT2D eigenvalue weighted by atomic mass is 15.4. The van der Waals surface area contributed by atoms with E-state index >= 15 is 0 Å². The van der Waals surface area contributed by atoms with Gasteiger partial charge in [-0.1, -0.05) is 6.44 Å². The molecule has 0 atom stereocenters. The van der Waals surface area contributed by atoms with Crippen molar-refractivity contribution in [3.63, 3.8) is 0 Å². The molecule has 0 aromatic rings. The van der Waals surface area contributed by atoms with Gasteiger partial charge in [0.2, 0.25) is 0 Å². The number of hydrogen-bond acceptors (Lipinski definition) is 0. The molecule has 1 heterocycles. The van der Waals surface area contributed by atoms with Crippen molar-refractivity contribution in [1.29, 1.82) is 0 Å². The Morgan fingerprint density at radius 1 is 1.11 bits per heavy atom. The van der Waals surface area contributed by atoms with E-state index in [1.165, 1.54) is 0 Å². The van der Waals surface area contributed by atoms with Crippen molar-refractivity contribution in [1.82, 2.24) is 0 Å². The number of hydrogen-bond donors (Lipinski definition) is 0. The van der Waals surface area contributed by atoms with Gasteiger partial charge in [-0.3, -0.25) is 0 Å². The lowest BCUT2D eigenvalue weighted by Gasteiger charge is -2.49. The number of rotatable bonds is 0. The molecule has 0 aliphatic carbocycles. The van der Waals surface area contributed by atoms with Crippen LogP contribution in [0.5, 0.6) is 0 Å². The van der Waals surface area contributed by atoms with E-state index in [4.69, 9.17) is 0 Å². The van der Waals surface area contributed by atoms with Gasteiger partial charge in [-0.15, -0.1) is 0 Å². The zero-order valence-corrected chi connectivity index (χ0v) is 6.76. The third-order valence-corrected chi connectivity index (χ3v) is 1.63. The van der Waals surface area contributed by atoms with Crippen molar-refractivity contribution in [3.05, 3.63) is 0 Å². The molecule has 50 valence electrons. The van der Waals surface area contributed by atoms with E-state index in [9.17, 15) is 0 Å². The molecule has 9 heavy (non-hydrogen) atoms. The maximum atomic E-state index is 2.31. The molecule has 0 saturated carbocycles. The molecule has 0 amide bonds. The summed E-state index contributed by atoms with van der Waals surface area (Å²) in [6.07, 6.45) is 1.15. The van der Waals surface area contributed by atoms with Gasteiger partial charge in [0, 0.05) is 21.5 Å². The van der Waals surface area contributed by atoms with Gasteiger partial charge in [-0.05, 0) is 14.1 Å². The molecular formula is C5H14B2N2. The van der Waals surface area contributed by atoms with Crippen LogP contribution in [0, 0.1) is 0 Å². The van der Waals surface area contributed by atoms with Gasteiger partial charge in [-0.25, -0.2) is 0 Å². The van der Waals surface area contributed by atoms with Gasteiger partial charge in [0.05, 0.1) is 0 Å². The van der Waals surface area contributed by atoms with Gasteiger partial charge >= 0.3 is 0 Å². The van der Waals surface area contributed by atoms with Crippen LogP contribution in [-0.4, -0.2) is 58.3 Å². The highest BCUT2D eigenvalue weighted by Crippen LogP contribution is 2.08. The predicted octanol–water partition coefficient (Wildman–Crippen LogP) is -0.736. The highest BCUT2D eigenvalue weighted by molar-refractivity contribution is 6.41. The smallest absolute Gasteiger partial charge is 0.287 e. The quantitative estimate of drug-likeness (QED) is 0.373. The minimum atomic E-state index is 0.938. The summed E-state index contributed by atoms with van der Waals surface area (Å²) in [7, 11) is 13.4. The zero-order valence-electron chi connectivity index (χ0n) is 6.76. The molecule has 0 aromatic carbocycles. The van der Waals surface area contributed by atoms with Crippen molar-refractivity contribution in [2.24, 2.45) is 0 Å². The monoisotopic (exact) mass is 124 g/mol. The van der Waals surface area contributed by atoms with E-state index in [0.717, 1.165) is 15.1 Å². The third kappa shape index (κ3) is 1.73. The fraction of sp³-hybridized carbons (Fsp3) is 1.00. The Morgan fingerprint density at radius 3 is 1.78 bits per heavy atom. The SMILES string of the molecule is C[N+]1(C)[B-]C[N+](C)(C)[B-]1. The Kier molecular flexibility index (Phi) is 1.41. The molecule has 1 aliphatic rings. The van der Waals surface area contributed by atoms with Crippen LogP contribution in [0.4, 0.5) is 0 Å². The fourth-order valence-electron chi connectivity index (χ4n) is 1.32. The average Bonchev–Trinajstić information content (AvgIpc) is 1.78. The van der Waals surface area contributed by atoms with Gasteiger partial charge in [0.1, 0.15) is 0 Å². The molecule has 1 aliphatic heterocycles. The van der Waals surface area contributed by atoms with Gasteiger partial charge in [0.15, 0.2) is 0 Å². The Labute approximate surface area is 59.2 Å². The lowest BCUT2D eigenvalue weighted by Crippen LogP contribution is -2.48. The molecule has 4 heteroatoms. The molecule has 0 spiro atoms. The van der Waals surface area contributed by atoms with Crippen LogP contribution < -0.4 is 0 Å². The van der Waals surface area contributed by atoms with E-state index in [1.807, 2.05) is 0 Å². The van der Waals surface area contributed by atoms with Gasteiger partial charge in [-0.2, -0.15) is 0 Å². The summed E-state index contributed by atoms with van der Waals surface area (Å²) in [5.41, 5.74) is 0. The second kappa shape index (κ2) is 1.77. The molecule has 4 radical (unpaired) electrons. The Bertz CT molecular complexity index is 108. The van der Waals surface area contributed by atoms with Crippen molar-refractivity contribution in [2.75, 3.05) is 34.6 Å². The second-order valence-corrected chi connectivity index (χ2v) is 3.89. The first-order valence-electron chi connectivity index (χ1n) is 3.29. The van der Waals surface area contributed by atoms with E-state index < -0.39 is 0 Å². The van der Waals surface area contributed by atoms with Crippen molar-refractivity contribution in [2.45, 2.75) is 0 Å². The van der Waals surface area contributed by atoms with Crippen LogP contribution in [0.15, 0.2) is 0 Å². The van der Waals surface area contributed by atoms with Crippen molar-refractivity contribution < 1.29 is 8.70 Å². The molecule has 1 saturated heterocycles. The van der Waals surface area contributed by atoms with E-state index in [0.29, 0.717) is 0 Å². The van der Waals surface area contributed by atoms with E-state index in [1.54, 1.807) is 0 Å². The fourth-order valence-corrected chi connectivity index (χ4v) is 1.32. The van der Waals surface area contributed by atoms with Crippen LogP contribution in [0.25, 0.3) is 0 Å².